The fraction of sp³-hybridized carbons (Fsp3) is 0.308. The van der Waals surface area contributed by atoms with Gasteiger partial charge in [-0.3, -0.25) is 14.4 Å². The van der Waals surface area contributed by atoms with Gasteiger partial charge in [0.15, 0.2) is 0 Å². The molecule has 0 saturated heterocycles. The van der Waals surface area contributed by atoms with Gasteiger partial charge in [-0.25, -0.2) is 0 Å². The summed E-state index contributed by atoms with van der Waals surface area (Å²) in [4.78, 5) is 33.0. The van der Waals surface area contributed by atoms with E-state index in [-0.39, 0.29) is 18.7 Å². The highest BCUT2D eigenvalue weighted by molar-refractivity contribution is 5.93. The average Bonchev–Trinajstić information content (AvgIpc) is 2.34. The largest absolute Gasteiger partial charge is 0.480 e. The van der Waals surface area contributed by atoms with E-state index in [9.17, 15) is 14.4 Å². The molecule has 19 heavy (non-hydrogen) atoms. The van der Waals surface area contributed by atoms with E-state index in [0.717, 1.165) is 5.56 Å². The molecule has 0 unspecified atom stereocenters. The number of carbonyl (C=O) groups excluding carboxylic acids is 2. The number of aryl methyl sites for hydroxylation is 1. The van der Waals surface area contributed by atoms with Crippen LogP contribution in [0.5, 0.6) is 0 Å². The van der Waals surface area contributed by atoms with Gasteiger partial charge in [-0.05, 0) is 24.6 Å². The second-order valence-electron chi connectivity index (χ2n) is 4.09. The molecule has 0 aromatic heterocycles. The number of amides is 2. The van der Waals surface area contributed by atoms with Crippen molar-refractivity contribution in [3.63, 3.8) is 0 Å². The Morgan fingerprint density at radius 2 is 1.84 bits per heavy atom. The SMILES string of the molecule is Cc1cccc(NC(=O)CCC(=O)NCC(=O)O)c1. The first kappa shape index (κ1) is 14.7. The summed E-state index contributed by atoms with van der Waals surface area (Å²) in [6, 6.07) is 7.32. The lowest BCUT2D eigenvalue weighted by Crippen LogP contribution is -2.29. The van der Waals surface area contributed by atoms with Crippen LogP contribution in [0.4, 0.5) is 5.69 Å². The summed E-state index contributed by atoms with van der Waals surface area (Å²) in [6.45, 7) is 1.48. The fourth-order valence-corrected chi connectivity index (χ4v) is 1.44. The molecule has 3 N–H and O–H groups in total. The second kappa shape index (κ2) is 7.15. The van der Waals surface area contributed by atoms with Gasteiger partial charge in [0.1, 0.15) is 6.54 Å². The average molecular weight is 264 g/mol. The zero-order valence-corrected chi connectivity index (χ0v) is 10.6. The van der Waals surface area contributed by atoms with Crippen molar-refractivity contribution in [3.05, 3.63) is 29.8 Å². The quantitative estimate of drug-likeness (QED) is 0.711. The monoisotopic (exact) mass is 264 g/mol. The first-order valence-corrected chi connectivity index (χ1v) is 5.82. The highest BCUT2D eigenvalue weighted by Crippen LogP contribution is 2.10. The van der Waals surface area contributed by atoms with E-state index in [1.807, 2.05) is 25.1 Å². The van der Waals surface area contributed by atoms with Gasteiger partial charge in [0.25, 0.3) is 0 Å². The third-order valence-corrected chi connectivity index (χ3v) is 2.32. The van der Waals surface area contributed by atoms with E-state index in [1.165, 1.54) is 0 Å². The van der Waals surface area contributed by atoms with E-state index in [0.29, 0.717) is 5.69 Å². The summed E-state index contributed by atoms with van der Waals surface area (Å²) in [5.74, 6) is -1.85. The van der Waals surface area contributed by atoms with Gasteiger partial charge in [-0.1, -0.05) is 12.1 Å². The molecule has 0 atom stereocenters. The van der Waals surface area contributed by atoms with Crippen LogP contribution in [0.1, 0.15) is 18.4 Å². The molecule has 1 aromatic rings. The molecular formula is C13H16N2O4. The zero-order valence-electron chi connectivity index (χ0n) is 10.6. The highest BCUT2D eigenvalue weighted by Gasteiger charge is 2.08. The lowest BCUT2D eigenvalue weighted by Gasteiger charge is -2.06. The lowest BCUT2D eigenvalue weighted by molar-refractivity contribution is -0.138. The van der Waals surface area contributed by atoms with E-state index in [4.69, 9.17) is 5.11 Å². The summed E-state index contributed by atoms with van der Waals surface area (Å²) >= 11 is 0. The molecule has 0 aliphatic rings. The maximum atomic E-state index is 11.6. The number of anilines is 1. The summed E-state index contributed by atoms with van der Waals surface area (Å²) in [6.07, 6.45) is -0.0235. The molecule has 6 nitrogen and oxygen atoms in total. The second-order valence-corrected chi connectivity index (χ2v) is 4.09. The Morgan fingerprint density at radius 1 is 1.16 bits per heavy atom. The number of carboxylic acid groups (broad SMARTS) is 1. The van der Waals surface area contributed by atoms with Crippen LogP contribution in [-0.4, -0.2) is 29.4 Å². The number of rotatable bonds is 6. The molecular weight excluding hydrogens is 248 g/mol. The molecule has 2 amide bonds. The molecule has 0 aliphatic heterocycles. The first-order valence-electron chi connectivity index (χ1n) is 5.82. The van der Waals surface area contributed by atoms with E-state index >= 15 is 0 Å². The van der Waals surface area contributed by atoms with E-state index in [2.05, 4.69) is 10.6 Å². The van der Waals surface area contributed by atoms with Crippen LogP contribution in [0, 0.1) is 6.92 Å². The topological polar surface area (TPSA) is 95.5 Å². The molecule has 102 valence electrons. The van der Waals surface area contributed by atoms with Crippen molar-refractivity contribution in [2.45, 2.75) is 19.8 Å². The van der Waals surface area contributed by atoms with Gasteiger partial charge >= 0.3 is 5.97 Å². The van der Waals surface area contributed by atoms with Crippen LogP contribution in [0.25, 0.3) is 0 Å². The predicted molar refractivity (Wildman–Crippen MR) is 69.7 cm³/mol. The lowest BCUT2D eigenvalue weighted by atomic mass is 10.2. The number of hydrogen-bond acceptors (Lipinski definition) is 3. The third-order valence-electron chi connectivity index (χ3n) is 2.32. The van der Waals surface area contributed by atoms with E-state index in [1.54, 1.807) is 6.07 Å². The molecule has 0 fully saturated rings. The fourth-order valence-electron chi connectivity index (χ4n) is 1.44. The summed E-state index contributed by atoms with van der Waals surface area (Å²) in [5.41, 5.74) is 1.70. The molecule has 0 aliphatic carbocycles. The van der Waals surface area contributed by atoms with E-state index < -0.39 is 18.4 Å². The number of aliphatic carboxylic acids is 1. The van der Waals surface area contributed by atoms with Gasteiger partial charge < -0.3 is 15.7 Å². The van der Waals surface area contributed by atoms with Gasteiger partial charge in [-0.2, -0.15) is 0 Å². The van der Waals surface area contributed by atoms with Crippen LogP contribution in [-0.2, 0) is 14.4 Å². The van der Waals surface area contributed by atoms with Gasteiger partial charge in [0, 0.05) is 18.5 Å². The Balaban J connectivity index is 2.32. The van der Waals surface area contributed by atoms with Crippen molar-refractivity contribution in [1.82, 2.24) is 5.32 Å². The first-order chi connectivity index (χ1) is 8.97. The molecule has 0 saturated carbocycles. The third kappa shape index (κ3) is 6.21. The van der Waals surface area contributed by atoms with Crippen LogP contribution in [0.3, 0.4) is 0 Å². The summed E-state index contributed by atoms with van der Waals surface area (Å²) in [5, 5.41) is 13.2. The molecule has 0 radical (unpaired) electrons. The minimum Gasteiger partial charge on any atom is -0.480 e. The number of carboxylic acids is 1. The normalized spacial score (nSPS) is 9.74. The van der Waals surface area contributed by atoms with Crippen molar-refractivity contribution in [3.8, 4) is 0 Å². The summed E-state index contributed by atoms with van der Waals surface area (Å²) < 4.78 is 0. The number of carbonyl (C=O) groups is 3. The Bertz CT molecular complexity index is 485. The van der Waals surface area contributed by atoms with Crippen LogP contribution in [0.2, 0.25) is 0 Å². The van der Waals surface area contributed by atoms with Gasteiger partial charge in [-0.15, -0.1) is 0 Å². The van der Waals surface area contributed by atoms with Gasteiger partial charge in [0.2, 0.25) is 11.8 Å². The molecule has 0 heterocycles. The minimum absolute atomic E-state index is 0.0133. The molecule has 0 bridgehead atoms. The molecule has 0 spiro atoms. The van der Waals surface area contributed by atoms with Crippen LogP contribution in [0.15, 0.2) is 24.3 Å². The van der Waals surface area contributed by atoms with Crippen molar-refractivity contribution in [2.24, 2.45) is 0 Å². The maximum Gasteiger partial charge on any atom is 0.322 e. The Labute approximate surface area is 110 Å². The number of benzene rings is 1. The molecule has 1 rings (SSSR count). The zero-order chi connectivity index (χ0) is 14.3. The number of nitrogens with one attached hydrogen (secondary N) is 2. The van der Waals surface area contributed by atoms with Crippen molar-refractivity contribution in [1.29, 1.82) is 0 Å². The standard InChI is InChI=1S/C13H16N2O4/c1-9-3-2-4-10(7-9)15-12(17)6-5-11(16)14-8-13(18)19/h2-4,7H,5-6,8H2,1H3,(H,14,16)(H,15,17)(H,18,19). The minimum atomic E-state index is -1.11. The van der Waals surface area contributed by atoms with Crippen LogP contribution < -0.4 is 10.6 Å². The smallest absolute Gasteiger partial charge is 0.322 e. The maximum absolute atomic E-state index is 11.6. The summed E-state index contributed by atoms with van der Waals surface area (Å²) in [7, 11) is 0. The van der Waals surface area contributed by atoms with Crippen molar-refractivity contribution >= 4 is 23.5 Å². The Hall–Kier alpha value is -2.37. The van der Waals surface area contributed by atoms with Crippen molar-refractivity contribution < 1.29 is 19.5 Å². The Morgan fingerprint density at radius 3 is 2.47 bits per heavy atom. The molecule has 1 aromatic carbocycles. The van der Waals surface area contributed by atoms with Crippen molar-refractivity contribution in [2.75, 3.05) is 11.9 Å². The highest BCUT2D eigenvalue weighted by atomic mass is 16.4. The van der Waals surface area contributed by atoms with Gasteiger partial charge in [0.05, 0.1) is 0 Å². The Kier molecular flexibility index (Phi) is 5.53. The van der Waals surface area contributed by atoms with Crippen LogP contribution >= 0.6 is 0 Å². The molecule has 6 heteroatoms. The predicted octanol–water partition coefficient (Wildman–Crippen LogP) is 0.915. The number of hydrogen-bond donors (Lipinski definition) is 3.